The molecule has 2 aliphatic rings. The summed E-state index contributed by atoms with van der Waals surface area (Å²) in [6, 6.07) is 14.5. The Balaban J connectivity index is 1.60. The summed E-state index contributed by atoms with van der Waals surface area (Å²) >= 11 is 0. The Bertz CT molecular complexity index is 1020. The molecule has 0 radical (unpaired) electrons. The van der Waals surface area contributed by atoms with Crippen molar-refractivity contribution >= 4 is 17.5 Å². The predicted octanol–water partition coefficient (Wildman–Crippen LogP) is 4.15. The molecule has 1 heterocycles. The average Bonchev–Trinajstić information content (AvgIpc) is 3.69. The molecule has 1 aliphatic carbocycles. The zero-order valence-corrected chi connectivity index (χ0v) is 21.2. The van der Waals surface area contributed by atoms with Crippen molar-refractivity contribution in [2.24, 2.45) is 11.8 Å². The van der Waals surface area contributed by atoms with Crippen molar-refractivity contribution in [3.8, 4) is 5.75 Å². The number of nitrogens with one attached hydrogen (secondary N) is 1. The highest BCUT2D eigenvalue weighted by molar-refractivity contribution is 6.05. The van der Waals surface area contributed by atoms with E-state index in [1.54, 1.807) is 49.4 Å². The molecule has 7 nitrogen and oxygen atoms in total. The summed E-state index contributed by atoms with van der Waals surface area (Å²) < 4.78 is 12.1. The Hall–Kier alpha value is -2.90. The van der Waals surface area contributed by atoms with Gasteiger partial charge in [-0.25, -0.2) is 0 Å². The van der Waals surface area contributed by atoms with Gasteiger partial charge in [-0.3, -0.25) is 14.5 Å². The van der Waals surface area contributed by atoms with Crippen molar-refractivity contribution in [1.82, 2.24) is 9.80 Å². The number of hydrogen-bond donors (Lipinski definition) is 1. The summed E-state index contributed by atoms with van der Waals surface area (Å²) in [7, 11) is 3.50. The largest absolute Gasteiger partial charge is 0.491 e. The first-order valence-corrected chi connectivity index (χ1v) is 12.5. The van der Waals surface area contributed by atoms with Gasteiger partial charge in [0.25, 0.3) is 11.8 Å². The molecule has 0 aromatic heterocycles. The second-order valence-electron chi connectivity index (χ2n) is 10.0. The number of ether oxygens (including phenoxy) is 2. The molecule has 2 amide bonds. The van der Waals surface area contributed by atoms with Gasteiger partial charge in [-0.2, -0.15) is 0 Å². The summed E-state index contributed by atoms with van der Waals surface area (Å²) in [4.78, 5) is 30.4. The molecular weight excluding hydrogens is 442 g/mol. The van der Waals surface area contributed by atoms with E-state index in [-0.39, 0.29) is 29.9 Å². The molecule has 35 heavy (non-hydrogen) atoms. The number of fused-ring (bicyclic) bond motifs is 1. The van der Waals surface area contributed by atoms with Crippen LogP contribution in [-0.4, -0.2) is 74.2 Å². The summed E-state index contributed by atoms with van der Waals surface area (Å²) in [5.41, 5.74) is 1.54. The van der Waals surface area contributed by atoms with E-state index in [1.165, 1.54) is 12.8 Å². The molecule has 0 bridgehead atoms. The minimum atomic E-state index is -0.224. The van der Waals surface area contributed by atoms with Gasteiger partial charge in [-0.05, 0) is 61.9 Å². The maximum atomic E-state index is 13.5. The lowest BCUT2D eigenvalue weighted by molar-refractivity contribution is 0.00994. The average molecular weight is 480 g/mol. The zero-order valence-electron chi connectivity index (χ0n) is 21.2. The Kier molecular flexibility index (Phi) is 8.08. The van der Waals surface area contributed by atoms with Gasteiger partial charge < -0.3 is 19.7 Å². The molecule has 188 valence electrons. The van der Waals surface area contributed by atoms with E-state index >= 15 is 0 Å². The molecule has 0 unspecified atom stereocenters. The molecule has 2 aromatic rings. The molecule has 1 N–H and O–H groups in total. The van der Waals surface area contributed by atoms with Gasteiger partial charge in [0.2, 0.25) is 0 Å². The molecule has 7 heteroatoms. The standard InChI is InChI=1S/C28H37N3O4/c1-19-15-31(16-21-10-11-21)20(2)18-35-25-13-12-23(29-27(32)22-8-6-5-7-9-22)14-24(25)28(33)30(3)17-26(19)34-4/h5-9,12-14,19-21,26H,10-11,15-18H2,1-4H3,(H,29,32)/t19-,20-,26+/m0/s1. The fourth-order valence-corrected chi connectivity index (χ4v) is 4.61. The summed E-state index contributed by atoms with van der Waals surface area (Å²) in [5, 5.41) is 2.90. The van der Waals surface area contributed by atoms with Crippen LogP contribution in [0, 0.1) is 11.8 Å². The number of rotatable bonds is 5. The molecule has 4 rings (SSSR count). The van der Waals surface area contributed by atoms with Crippen LogP contribution in [0.4, 0.5) is 5.69 Å². The Morgan fingerprint density at radius 2 is 1.86 bits per heavy atom. The van der Waals surface area contributed by atoms with Gasteiger partial charge in [0.05, 0.1) is 11.7 Å². The minimum absolute atomic E-state index is 0.0809. The molecule has 1 saturated carbocycles. The molecule has 3 atom stereocenters. The second kappa shape index (κ2) is 11.2. The number of amides is 2. The van der Waals surface area contributed by atoms with E-state index in [1.807, 2.05) is 18.2 Å². The van der Waals surface area contributed by atoms with Gasteiger partial charge in [0, 0.05) is 51.1 Å². The van der Waals surface area contributed by atoms with Crippen molar-refractivity contribution in [3.63, 3.8) is 0 Å². The van der Waals surface area contributed by atoms with Crippen LogP contribution in [0.1, 0.15) is 47.4 Å². The van der Waals surface area contributed by atoms with Crippen molar-refractivity contribution in [3.05, 3.63) is 59.7 Å². The Labute approximate surface area is 208 Å². The van der Waals surface area contributed by atoms with Crippen LogP contribution in [0.2, 0.25) is 0 Å². The highest BCUT2D eigenvalue weighted by Crippen LogP contribution is 2.32. The van der Waals surface area contributed by atoms with Gasteiger partial charge in [0.1, 0.15) is 12.4 Å². The van der Waals surface area contributed by atoms with Gasteiger partial charge in [-0.15, -0.1) is 0 Å². The lowest BCUT2D eigenvalue weighted by Gasteiger charge is -2.36. The number of carbonyl (C=O) groups excluding carboxylic acids is 2. The monoisotopic (exact) mass is 479 g/mol. The topological polar surface area (TPSA) is 71.1 Å². The van der Waals surface area contributed by atoms with Crippen LogP contribution >= 0.6 is 0 Å². The third kappa shape index (κ3) is 6.41. The van der Waals surface area contributed by atoms with Crippen LogP contribution in [-0.2, 0) is 4.74 Å². The van der Waals surface area contributed by atoms with Gasteiger partial charge in [0.15, 0.2) is 0 Å². The molecule has 1 aliphatic heterocycles. The third-order valence-corrected chi connectivity index (χ3v) is 7.06. The highest BCUT2D eigenvalue weighted by atomic mass is 16.5. The van der Waals surface area contributed by atoms with Crippen LogP contribution in [0.3, 0.4) is 0 Å². The molecule has 0 spiro atoms. The Morgan fingerprint density at radius 3 is 2.54 bits per heavy atom. The molecule has 1 fully saturated rings. The highest BCUT2D eigenvalue weighted by Gasteiger charge is 2.31. The van der Waals surface area contributed by atoms with Crippen LogP contribution in [0.5, 0.6) is 5.75 Å². The third-order valence-electron chi connectivity index (χ3n) is 7.06. The lowest BCUT2D eigenvalue weighted by Crippen LogP contribution is -2.47. The second-order valence-corrected chi connectivity index (χ2v) is 10.0. The number of nitrogens with zero attached hydrogens (tertiary/aromatic N) is 2. The number of carbonyl (C=O) groups is 2. The Morgan fingerprint density at radius 1 is 1.11 bits per heavy atom. The van der Waals surface area contributed by atoms with Crippen molar-refractivity contribution in [2.45, 2.75) is 38.8 Å². The van der Waals surface area contributed by atoms with E-state index in [0.717, 1.165) is 19.0 Å². The maximum Gasteiger partial charge on any atom is 0.257 e. The summed E-state index contributed by atoms with van der Waals surface area (Å²) in [6.07, 6.45) is 2.51. The first-order chi connectivity index (χ1) is 16.9. The fourth-order valence-electron chi connectivity index (χ4n) is 4.61. The van der Waals surface area contributed by atoms with Crippen LogP contribution in [0.25, 0.3) is 0 Å². The quantitative estimate of drug-likeness (QED) is 0.698. The summed E-state index contributed by atoms with van der Waals surface area (Å²) in [6.45, 7) is 7.30. The SMILES string of the molecule is CO[C@@H]1CN(C)C(=O)c2cc(NC(=O)c3ccccc3)ccc2OC[C@H](C)N(CC2CC2)C[C@@H]1C. The molecular formula is C28H37N3O4. The lowest BCUT2D eigenvalue weighted by atomic mass is 10.0. The smallest absolute Gasteiger partial charge is 0.257 e. The summed E-state index contributed by atoms with van der Waals surface area (Å²) in [5.74, 6) is 1.17. The fraction of sp³-hybridized carbons (Fsp3) is 0.500. The van der Waals surface area contributed by atoms with Crippen LogP contribution < -0.4 is 10.1 Å². The van der Waals surface area contributed by atoms with Crippen LogP contribution in [0.15, 0.2) is 48.5 Å². The normalized spacial score (nSPS) is 24.1. The van der Waals surface area contributed by atoms with E-state index in [0.29, 0.717) is 35.7 Å². The number of benzene rings is 2. The van der Waals surface area contributed by atoms with Crippen molar-refractivity contribution in [1.29, 1.82) is 0 Å². The minimum Gasteiger partial charge on any atom is -0.491 e. The number of hydrogen-bond acceptors (Lipinski definition) is 5. The number of anilines is 1. The molecule has 0 saturated heterocycles. The maximum absolute atomic E-state index is 13.5. The van der Waals surface area contributed by atoms with E-state index in [9.17, 15) is 9.59 Å². The first kappa shape index (κ1) is 25.2. The van der Waals surface area contributed by atoms with Gasteiger partial charge >= 0.3 is 0 Å². The predicted molar refractivity (Wildman–Crippen MR) is 137 cm³/mol. The molecule has 2 aromatic carbocycles. The number of likely N-dealkylation sites (N-methyl/N-ethyl adjacent to an activating group) is 1. The van der Waals surface area contributed by atoms with Crippen molar-refractivity contribution < 1.29 is 19.1 Å². The van der Waals surface area contributed by atoms with E-state index in [4.69, 9.17) is 9.47 Å². The van der Waals surface area contributed by atoms with E-state index < -0.39 is 0 Å². The zero-order chi connectivity index (χ0) is 24.9. The van der Waals surface area contributed by atoms with E-state index in [2.05, 4.69) is 24.1 Å². The van der Waals surface area contributed by atoms with Gasteiger partial charge in [-0.1, -0.05) is 25.1 Å². The first-order valence-electron chi connectivity index (χ1n) is 12.5. The number of methoxy groups -OCH3 is 1. The van der Waals surface area contributed by atoms with Crippen molar-refractivity contribution in [2.75, 3.05) is 45.7 Å².